The molecule has 2 heterocycles. The molecule has 0 aliphatic rings. The van der Waals surface area contributed by atoms with E-state index in [-0.39, 0.29) is 0 Å². The highest BCUT2D eigenvalue weighted by Crippen LogP contribution is 2.31. The molecular weight excluding hydrogens is 162 g/mol. The second kappa shape index (κ2) is 2.04. The van der Waals surface area contributed by atoms with Crippen molar-refractivity contribution in [1.29, 1.82) is 0 Å². The maximum absolute atomic E-state index is 4.27. The van der Waals surface area contributed by atoms with Crippen molar-refractivity contribution in [3.63, 3.8) is 0 Å². The van der Waals surface area contributed by atoms with Crippen LogP contribution in [-0.4, -0.2) is 4.98 Å². The average molecular weight is 169 g/mol. The van der Waals surface area contributed by atoms with E-state index in [0.29, 0.717) is 0 Å². The van der Waals surface area contributed by atoms with Gasteiger partial charge in [-0.05, 0) is 13.8 Å². The van der Waals surface area contributed by atoms with E-state index >= 15 is 0 Å². The molecule has 0 aromatic carbocycles. The van der Waals surface area contributed by atoms with Gasteiger partial charge in [0.05, 0.1) is 15.7 Å². The average Bonchev–Trinajstić information content (AvgIpc) is 2.39. The second-order valence-corrected chi connectivity index (χ2v) is 4.53. The molecule has 0 bridgehead atoms. The third-order valence-electron chi connectivity index (χ3n) is 1.53. The fourth-order valence-corrected chi connectivity index (χ4v) is 3.05. The van der Waals surface area contributed by atoms with Crippen LogP contribution in [0.3, 0.4) is 0 Å². The maximum atomic E-state index is 4.27. The van der Waals surface area contributed by atoms with Gasteiger partial charge in [0.2, 0.25) is 0 Å². The van der Waals surface area contributed by atoms with E-state index in [0.717, 1.165) is 0 Å². The molecule has 3 heteroatoms. The van der Waals surface area contributed by atoms with Crippen molar-refractivity contribution in [2.75, 3.05) is 0 Å². The summed E-state index contributed by atoms with van der Waals surface area (Å²) in [6, 6.07) is 0. The van der Waals surface area contributed by atoms with Crippen molar-refractivity contribution >= 4 is 32.9 Å². The molecule has 0 unspecified atom stereocenters. The first-order valence-electron chi connectivity index (χ1n) is 3.08. The van der Waals surface area contributed by atoms with E-state index in [4.69, 9.17) is 0 Å². The van der Waals surface area contributed by atoms with Gasteiger partial charge in [-0.15, -0.1) is 22.7 Å². The number of rotatable bonds is 0. The number of aryl methyl sites for hydroxylation is 2. The molecular formula is C7H7NS2. The fraction of sp³-hybridized carbons (Fsp3) is 0.286. The van der Waals surface area contributed by atoms with Crippen LogP contribution in [0, 0.1) is 13.8 Å². The highest BCUT2D eigenvalue weighted by Gasteiger charge is 2.05. The second-order valence-electron chi connectivity index (χ2n) is 2.24. The predicted octanol–water partition coefficient (Wildman–Crippen LogP) is 2.97. The minimum Gasteiger partial charge on any atom is -0.243 e. The summed E-state index contributed by atoms with van der Waals surface area (Å²) in [5.74, 6) is 0. The molecule has 2 aromatic heterocycles. The Morgan fingerprint density at radius 3 is 2.80 bits per heavy atom. The fourth-order valence-electron chi connectivity index (χ4n) is 1.07. The molecule has 1 nitrogen and oxygen atoms in total. The van der Waals surface area contributed by atoms with E-state index in [2.05, 4.69) is 18.8 Å². The zero-order valence-corrected chi connectivity index (χ0v) is 7.47. The lowest BCUT2D eigenvalue weighted by Crippen LogP contribution is -1.60. The minimum atomic E-state index is 1.20. The SMILES string of the molecule is Cc1sc(C)c2scnc12. The van der Waals surface area contributed by atoms with E-state index < -0.39 is 0 Å². The lowest BCUT2D eigenvalue weighted by atomic mass is 10.4. The maximum Gasteiger partial charge on any atom is 0.0950 e. The summed E-state index contributed by atoms with van der Waals surface area (Å²) in [6.07, 6.45) is 0. The Morgan fingerprint density at radius 2 is 2.10 bits per heavy atom. The number of thiazole rings is 1. The molecule has 0 saturated carbocycles. The van der Waals surface area contributed by atoms with Crippen LogP contribution in [0.5, 0.6) is 0 Å². The third-order valence-corrected chi connectivity index (χ3v) is 3.61. The van der Waals surface area contributed by atoms with Crippen molar-refractivity contribution in [2.24, 2.45) is 0 Å². The summed E-state index contributed by atoms with van der Waals surface area (Å²) in [5, 5.41) is 0. The van der Waals surface area contributed by atoms with E-state index in [1.807, 2.05) is 16.8 Å². The smallest absolute Gasteiger partial charge is 0.0950 e. The van der Waals surface area contributed by atoms with Crippen LogP contribution in [0.1, 0.15) is 9.75 Å². The largest absolute Gasteiger partial charge is 0.243 e. The van der Waals surface area contributed by atoms with Crippen LogP contribution in [0.4, 0.5) is 0 Å². The van der Waals surface area contributed by atoms with E-state index in [9.17, 15) is 0 Å². The summed E-state index contributed by atoms with van der Waals surface area (Å²) >= 11 is 3.57. The molecule has 0 aliphatic carbocycles. The summed E-state index contributed by atoms with van der Waals surface area (Å²) in [4.78, 5) is 7.01. The Balaban J connectivity index is 2.98. The van der Waals surface area contributed by atoms with Gasteiger partial charge in [0, 0.05) is 9.75 Å². The molecule has 0 atom stereocenters. The quantitative estimate of drug-likeness (QED) is 0.591. The van der Waals surface area contributed by atoms with Crippen molar-refractivity contribution in [3.8, 4) is 0 Å². The van der Waals surface area contributed by atoms with Gasteiger partial charge in [0.25, 0.3) is 0 Å². The van der Waals surface area contributed by atoms with Gasteiger partial charge in [-0.1, -0.05) is 0 Å². The molecule has 10 heavy (non-hydrogen) atoms. The van der Waals surface area contributed by atoms with Crippen LogP contribution in [0.15, 0.2) is 5.51 Å². The normalized spacial score (nSPS) is 11.0. The number of fused-ring (bicyclic) bond motifs is 1. The summed E-state index contributed by atoms with van der Waals surface area (Å²) in [7, 11) is 0. The zero-order chi connectivity index (χ0) is 7.14. The Labute approximate surface area is 67.3 Å². The standard InChI is InChI=1S/C7H7NS2/c1-4-6-7(5(2)10-4)9-3-8-6/h3H,1-2H3. The third kappa shape index (κ3) is 0.707. The Kier molecular flexibility index (Phi) is 1.28. The van der Waals surface area contributed by atoms with Gasteiger partial charge in [-0.3, -0.25) is 0 Å². The van der Waals surface area contributed by atoms with E-state index in [1.54, 1.807) is 11.3 Å². The number of hydrogen-bond donors (Lipinski definition) is 0. The molecule has 2 rings (SSSR count). The lowest BCUT2D eigenvalue weighted by molar-refractivity contribution is 1.48. The van der Waals surface area contributed by atoms with Gasteiger partial charge >= 0.3 is 0 Å². The zero-order valence-electron chi connectivity index (χ0n) is 5.84. The van der Waals surface area contributed by atoms with Crippen molar-refractivity contribution in [1.82, 2.24) is 4.98 Å². The van der Waals surface area contributed by atoms with Gasteiger partial charge in [-0.25, -0.2) is 4.98 Å². The van der Waals surface area contributed by atoms with Crippen molar-refractivity contribution in [2.45, 2.75) is 13.8 Å². The topological polar surface area (TPSA) is 12.9 Å². The molecule has 0 fully saturated rings. The lowest BCUT2D eigenvalue weighted by Gasteiger charge is -1.75. The molecule has 0 amide bonds. The number of aromatic nitrogens is 1. The molecule has 0 radical (unpaired) electrons. The van der Waals surface area contributed by atoms with Crippen molar-refractivity contribution < 1.29 is 0 Å². The first-order chi connectivity index (χ1) is 4.79. The van der Waals surface area contributed by atoms with Crippen LogP contribution >= 0.6 is 22.7 Å². The van der Waals surface area contributed by atoms with E-state index in [1.165, 1.54) is 20.0 Å². The Morgan fingerprint density at radius 1 is 1.30 bits per heavy atom. The highest BCUT2D eigenvalue weighted by atomic mass is 32.1. The van der Waals surface area contributed by atoms with Crippen LogP contribution in [0.2, 0.25) is 0 Å². The summed E-state index contributed by atoms with van der Waals surface area (Å²) < 4.78 is 1.36. The minimum absolute atomic E-state index is 1.20. The molecule has 0 spiro atoms. The molecule has 52 valence electrons. The Hall–Kier alpha value is -0.410. The van der Waals surface area contributed by atoms with Gasteiger partial charge < -0.3 is 0 Å². The van der Waals surface area contributed by atoms with Gasteiger partial charge in [0.15, 0.2) is 0 Å². The van der Waals surface area contributed by atoms with Gasteiger partial charge in [-0.2, -0.15) is 0 Å². The molecule has 0 N–H and O–H groups in total. The molecule has 2 aromatic rings. The molecule has 0 saturated heterocycles. The van der Waals surface area contributed by atoms with Gasteiger partial charge in [0.1, 0.15) is 0 Å². The van der Waals surface area contributed by atoms with Crippen LogP contribution in [-0.2, 0) is 0 Å². The summed E-state index contributed by atoms with van der Waals surface area (Å²) in [6.45, 7) is 4.28. The number of hydrogen-bond acceptors (Lipinski definition) is 3. The predicted molar refractivity (Wildman–Crippen MR) is 47.0 cm³/mol. The van der Waals surface area contributed by atoms with Crippen LogP contribution < -0.4 is 0 Å². The summed E-state index contributed by atoms with van der Waals surface area (Å²) in [5.41, 5.74) is 3.12. The highest BCUT2D eigenvalue weighted by molar-refractivity contribution is 7.22. The number of nitrogens with zero attached hydrogens (tertiary/aromatic N) is 1. The molecule has 0 aliphatic heterocycles. The Bertz CT molecular complexity index is 327. The first kappa shape index (κ1) is 6.31. The van der Waals surface area contributed by atoms with Crippen LogP contribution in [0.25, 0.3) is 10.2 Å². The number of thiophene rings is 1. The van der Waals surface area contributed by atoms with Crippen molar-refractivity contribution in [3.05, 3.63) is 15.3 Å². The first-order valence-corrected chi connectivity index (χ1v) is 4.78. The monoisotopic (exact) mass is 169 g/mol.